The summed E-state index contributed by atoms with van der Waals surface area (Å²) < 4.78 is 13.7. The molecule has 0 spiro atoms. The Morgan fingerprint density at radius 3 is 2.60 bits per heavy atom. The molecule has 104 valence electrons. The molecule has 1 heterocycles. The Kier molecular flexibility index (Phi) is 3.32. The van der Waals surface area contributed by atoms with Crippen LogP contribution < -0.4 is 15.5 Å². The molecule has 20 heavy (non-hydrogen) atoms. The minimum Gasteiger partial charge on any atom is -0.371 e. The minimum atomic E-state index is -0.237. The molecular formula is C16H18FN3. The van der Waals surface area contributed by atoms with Crippen molar-refractivity contribution in [2.45, 2.75) is 6.54 Å². The van der Waals surface area contributed by atoms with Crippen LogP contribution in [0.3, 0.4) is 0 Å². The van der Waals surface area contributed by atoms with Crippen LogP contribution in [-0.4, -0.2) is 20.1 Å². The molecule has 0 aromatic heterocycles. The highest BCUT2D eigenvalue weighted by Crippen LogP contribution is 2.37. The van der Waals surface area contributed by atoms with E-state index < -0.39 is 0 Å². The minimum absolute atomic E-state index is 0.237. The first-order valence-electron chi connectivity index (χ1n) is 6.76. The summed E-state index contributed by atoms with van der Waals surface area (Å²) in [5.41, 5.74) is 9.59. The lowest BCUT2D eigenvalue weighted by Gasteiger charge is -2.37. The van der Waals surface area contributed by atoms with E-state index in [0.29, 0.717) is 6.54 Å². The van der Waals surface area contributed by atoms with E-state index in [9.17, 15) is 4.39 Å². The second kappa shape index (κ2) is 5.13. The van der Waals surface area contributed by atoms with Crippen LogP contribution >= 0.6 is 0 Å². The van der Waals surface area contributed by atoms with Gasteiger partial charge in [0.15, 0.2) is 0 Å². The van der Waals surface area contributed by atoms with E-state index in [1.807, 2.05) is 18.2 Å². The second-order valence-electron chi connectivity index (χ2n) is 5.08. The fraction of sp³-hybridized carbons (Fsp3) is 0.250. The van der Waals surface area contributed by atoms with Gasteiger partial charge in [-0.15, -0.1) is 0 Å². The van der Waals surface area contributed by atoms with Crippen LogP contribution in [0.25, 0.3) is 0 Å². The quantitative estimate of drug-likeness (QED) is 0.911. The first-order chi connectivity index (χ1) is 9.69. The number of hydrogen-bond acceptors (Lipinski definition) is 3. The molecule has 0 amide bonds. The fourth-order valence-electron chi connectivity index (χ4n) is 2.68. The number of nitrogens with zero attached hydrogens (tertiary/aromatic N) is 2. The predicted octanol–water partition coefficient (Wildman–Crippen LogP) is 2.87. The molecule has 0 saturated carbocycles. The van der Waals surface area contributed by atoms with Gasteiger partial charge in [0.1, 0.15) is 5.82 Å². The standard InChI is InChI=1S/C16H18FN3/c1-19-6-7-20(16-5-3-2-4-15(16)19)14-9-12(11-18)8-13(17)10-14/h2-5,8-10H,6-7,11,18H2,1H3. The van der Waals surface area contributed by atoms with E-state index in [-0.39, 0.29) is 5.82 Å². The lowest BCUT2D eigenvalue weighted by atomic mass is 10.1. The first kappa shape index (κ1) is 12.9. The summed E-state index contributed by atoms with van der Waals surface area (Å²) in [6.45, 7) is 2.09. The van der Waals surface area contributed by atoms with Gasteiger partial charge >= 0.3 is 0 Å². The third-order valence-electron chi connectivity index (χ3n) is 3.73. The molecule has 2 aromatic carbocycles. The van der Waals surface area contributed by atoms with Crippen molar-refractivity contribution in [3.8, 4) is 0 Å². The van der Waals surface area contributed by atoms with Crippen LogP contribution in [0.4, 0.5) is 21.5 Å². The third-order valence-corrected chi connectivity index (χ3v) is 3.73. The summed E-state index contributed by atoms with van der Waals surface area (Å²) in [6, 6.07) is 13.2. The van der Waals surface area contributed by atoms with E-state index >= 15 is 0 Å². The molecule has 0 bridgehead atoms. The van der Waals surface area contributed by atoms with Gasteiger partial charge < -0.3 is 15.5 Å². The van der Waals surface area contributed by atoms with Gasteiger partial charge in [0.2, 0.25) is 0 Å². The number of benzene rings is 2. The summed E-state index contributed by atoms with van der Waals surface area (Å²) in [7, 11) is 2.08. The van der Waals surface area contributed by atoms with Crippen molar-refractivity contribution in [2.24, 2.45) is 5.73 Å². The van der Waals surface area contributed by atoms with Crippen LogP contribution in [0.1, 0.15) is 5.56 Å². The number of fused-ring (bicyclic) bond motifs is 1. The van der Waals surface area contributed by atoms with E-state index in [1.165, 1.54) is 6.07 Å². The van der Waals surface area contributed by atoms with Gasteiger partial charge in [-0.05, 0) is 35.9 Å². The molecule has 3 nitrogen and oxygen atoms in total. The molecule has 4 heteroatoms. The van der Waals surface area contributed by atoms with Crippen molar-refractivity contribution in [1.82, 2.24) is 0 Å². The lowest BCUT2D eigenvalue weighted by molar-refractivity contribution is 0.625. The van der Waals surface area contributed by atoms with E-state index in [2.05, 4.69) is 29.0 Å². The Labute approximate surface area is 118 Å². The fourth-order valence-corrected chi connectivity index (χ4v) is 2.68. The second-order valence-corrected chi connectivity index (χ2v) is 5.08. The average Bonchev–Trinajstić information content (AvgIpc) is 2.47. The van der Waals surface area contributed by atoms with Gasteiger partial charge in [-0.3, -0.25) is 0 Å². The van der Waals surface area contributed by atoms with Gasteiger partial charge in [0, 0.05) is 32.4 Å². The Morgan fingerprint density at radius 2 is 1.85 bits per heavy atom. The molecule has 1 aliphatic rings. The summed E-state index contributed by atoms with van der Waals surface area (Å²) in [4.78, 5) is 4.37. The van der Waals surface area contributed by atoms with Gasteiger partial charge in [0.05, 0.1) is 11.4 Å². The van der Waals surface area contributed by atoms with Gasteiger partial charge in [-0.2, -0.15) is 0 Å². The van der Waals surface area contributed by atoms with E-state index in [1.54, 1.807) is 6.07 Å². The maximum Gasteiger partial charge on any atom is 0.125 e. The molecule has 2 N–H and O–H groups in total. The Balaban J connectivity index is 2.07. The number of nitrogens with two attached hydrogens (primary N) is 1. The van der Waals surface area contributed by atoms with Crippen LogP contribution in [0.15, 0.2) is 42.5 Å². The summed E-state index contributed by atoms with van der Waals surface area (Å²) >= 11 is 0. The van der Waals surface area contributed by atoms with Crippen molar-refractivity contribution in [2.75, 3.05) is 29.9 Å². The smallest absolute Gasteiger partial charge is 0.125 e. The number of halogens is 1. The molecule has 0 radical (unpaired) electrons. The van der Waals surface area contributed by atoms with Crippen molar-refractivity contribution in [1.29, 1.82) is 0 Å². The van der Waals surface area contributed by atoms with Gasteiger partial charge in [-0.25, -0.2) is 4.39 Å². The first-order valence-corrected chi connectivity index (χ1v) is 6.76. The van der Waals surface area contributed by atoms with Crippen molar-refractivity contribution in [3.05, 3.63) is 53.8 Å². The van der Waals surface area contributed by atoms with Crippen LogP contribution in [0, 0.1) is 5.82 Å². The van der Waals surface area contributed by atoms with Crippen LogP contribution in [0.5, 0.6) is 0 Å². The zero-order valence-electron chi connectivity index (χ0n) is 11.5. The van der Waals surface area contributed by atoms with E-state index in [4.69, 9.17) is 5.73 Å². The van der Waals surface area contributed by atoms with Crippen LogP contribution in [-0.2, 0) is 6.54 Å². The SMILES string of the molecule is CN1CCN(c2cc(F)cc(CN)c2)c2ccccc21. The molecular weight excluding hydrogens is 253 g/mol. The molecule has 0 unspecified atom stereocenters. The summed E-state index contributed by atoms with van der Waals surface area (Å²) in [5.74, 6) is -0.237. The number of hydrogen-bond donors (Lipinski definition) is 1. The van der Waals surface area contributed by atoms with Gasteiger partial charge in [-0.1, -0.05) is 12.1 Å². The summed E-state index contributed by atoms with van der Waals surface area (Å²) in [6.07, 6.45) is 0. The molecule has 3 rings (SSSR count). The van der Waals surface area contributed by atoms with Crippen molar-refractivity contribution < 1.29 is 4.39 Å². The number of anilines is 3. The Bertz CT molecular complexity index is 627. The predicted molar refractivity (Wildman–Crippen MR) is 81.0 cm³/mol. The van der Waals surface area contributed by atoms with Crippen LogP contribution in [0.2, 0.25) is 0 Å². The highest BCUT2D eigenvalue weighted by Gasteiger charge is 2.21. The highest BCUT2D eigenvalue weighted by atomic mass is 19.1. The number of likely N-dealkylation sites (N-methyl/N-ethyl adjacent to an activating group) is 1. The molecule has 1 aliphatic heterocycles. The van der Waals surface area contributed by atoms with E-state index in [0.717, 1.165) is 35.7 Å². The van der Waals surface area contributed by atoms with Crippen molar-refractivity contribution in [3.63, 3.8) is 0 Å². The normalized spacial score (nSPS) is 14.3. The Morgan fingerprint density at radius 1 is 1.10 bits per heavy atom. The monoisotopic (exact) mass is 271 g/mol. The largest absolute Gasteiger partial charge is 0.371 e. The molecule has 0 fully saturated rings. The maximum atomic E-state index is 13.7. The zero-order chi connectivity index (χ0) is 14.1. The number of para-hydroxylation sites is 2. The van der Waals surface area contributed by atoms with Gasteiger partial charge in [0.25, 0.3) is 0 Å². The topological polar surface area (TPSA) is 32.5 Å². The lowest BCUT2D eigenvalue weighted by Crippen LogP contribution is -2.36. The molecule has 0 saturated heterocycles. The third kappa shape index (κ3) is 2.23. The zero-order valence-corrected chi connectivity index (χ0v) is 11.5. The van der Waals surface area contributed by atoms with Crippen molar-refractivity contribution >= 4 is 17.1 Å². The molecule has 0 atom stereocenters. The summed E-state index contributed by atoms with van der Waals surface area (Å²) in [5, 5.41) is 0. The highest BCUT2D eigenvalue weighted by molar-refractivity contribution is 5.79. The Hall–Kier alpha value is -2.07. The number of rotatable bonds is 2. The molecule has 0 aliphatic carbocycles. The maximum absolute atomic E-state index is 13.7. The molecule has 2 aromatic rings. The average molecular weight is 271 g/mol.